The number of rotatable bonds is 3. The topological polar surface area (TPSA) is 41.6 Å². The van der Waals surface area contributed by atoms with Gasteiger partial charge >= 0.3 is 0 Å². The Hall–Kier alpha value is -1.30. The average Bonchev–Trinajstić information content (AvgIpc) is 2.51. The summed E-state index contributed by atoms with van der Waals surface area (Å²) in [7, 11) is 0. The van der Waals surface area contributed by atoms with Crippen LogP contribution in [0.3, 0.4) is 0 Å². The van der Waals surface area contributed by atoms with E-state index in [0.29, 0.717) is 23.4 Å². The van der Waals surface area contributed by atoms with Gasteiger partial charge in [-0.25, -0.2) is 0 Å². The normalized spacial score (nSPS) is 11.3. The van der Waals surface area contributed by atoms with E-state index in [4.69, 9.17) is 5.26 Å². The van der Waals surface area contributed by atoms with Crippen LogP contribution in [0.25, 0.3) is 0 Å². The molecule has 76 valence electrons. The number of aromatic nitrogens is 2. The SMILES string of the molecule is CC(C)C(C(C)C)n1cc(C#N)cn1. The Bertz CT molecular complexity index is 323. The summed E-state index contributed by atoms with van der Waals surface area (Å²) in [5, 5.41) is 12.9. The van der Waals surface area contributed by atoms with Crippen molar-refractivity contribution in [3.05, 3.63) is 18.0 Å². The van der Waals surface area contributed by atoms with E-state index in [1.54, 1.807) is 6.20 Å². The van der Waals surface area contributed by atoms with Crippen LogP contribution in [-0.4, -0.2) is 9.78 Å². The molecule has 0 aliphatic carbocycles. The minimum atomic E-state index is 0.372. The summed E-state index contributed by atoms with van der Waals surface area (Å²) in [6.45, 7) is 8.72. The van der Waals surface area contributed by atoms with Gasteiger partial charge in [-0.05, 0) is 11.8 Å². The first-order valence-corrected chi connectivity index (χ1v) is 5.00. The highest BCUT2D eigenvalue weighted by Gasteiger charge is 2.20. The second-order valence-corrected chi connectivity index (χ2v) is 4.30. The zero-order chi connectivity index (χ0) is 10.7. The smallest absolute Gasteiger partial charge is 0.102 e. The summed E-state index contributed by atoms with van der Waals surface area (Å²) in [6, 6.07) is 2.47. The van der Waals surface area contributed by atoms with Crippen LogP contribution in [0, 0.1) is 23.2 Å². The van der Waals surface area contributed by atoms with E-state index in [1.165, 1.54) is 0 Å². The second-order valence-electron chi connectivity index (χ2n) is 4.30. The van der Waals surface area contributed by atoms with Crippen LogP contribution in [0.1, 0.15) is 39.3 Å². The lowest BCUT2D eigenvalue weighted by Gasteiger charge is -2.25. The third-order valence-corrected chi connectivity index (χ3v) is 2.40. The molecule has 1 aromatic rings. The van der Waals surface area contributed by atoms with Crippen LogP contribution in [0.5, 0.6) is 0 Å². The first-order chi connectivity index (χ1) is 6.56. The van der Waals surface area contributed by atoms with Gasteiger partial charge in [-0.15, -0.1) is 0 Å². The minimum Gasteiger partial charge on any atom is -0.268 e. The Kier molecular flexibility index (Phi) is 3.29. The van der Waals surface area contributed by atoms with Crippen molar-refractivity contribution in [2.75, 3.05) is 0 Å². The fraction of sp³-hybridized carbons (Fsp3) is 0.636. The Morgan fingerprint density at radius 2 is 1.86 bits per heavy atom. The van der Waals surface area contributed by atoms with Crippen molar-refractivity contribution in [3.8, 4) is 6.07 Å². The number of hydrogen-bond donors (Lipinski definition) is 0. The lowest BCUT2D eigenvalue weighted by molar-refractivity contribution is 0.265. The molecule has 0 radical (unpaired) electrons. The van der Waals surface area contributed by atoms with Crippen LogP contribution >= 0.6 is 0 Å². The van der Waals surface area contributed by atoms with Gasteiger partial charge in [0.2, 0.25) is 0 Å². The summed E-state index contributed by atoms with van der Waals surface area (Å²) in [6.07, 6.45) is 3.45. The van der Waals surface area contributed by atoms with Gasteiger partial charge in [-0.1, -0.05) is 27.7 Å². The van der Waals surface area contributed by atoms with E-state index in [0.717, 1.165) is 0 Å². The van der Waals surface area contributed by atoms with Crippen molar-refractivity contribution in [1.82, 2.24) is 9.78 Å². The standard InChI is InChI=1S/C11H17N3/c1-8(2)11(9(3)4)14-7-10(5-12)6-13-14/h6-9,11H,1-4H3. The molecule has 0 bridgehead atoms. The molecule has 0 amide bonds. The molecule has 0 saturated heterocycles. The average molecular weight is 191 g/mol. The molecule has 3 nitrogen and oxygen atoms in total. The van der Waals surface area contributed by atoms with Crippen molar-refractivity contribution in [1.29, 1.82) is 5.26 Å². The molecule has 0 aliphatic heterocycles. The van der Waals surface area contributed by atoms with Crippen LogP contribution < -0.4 is 0 Å². The third kappa shape index (κ3) is 2.14. The van der Waals surface area contributed by atoms with E-state index < -0.39 is 0 Å². The van der Waals surface area contributed by atoms with Gasteiger partial charge in [-0.2, -0.15) is 10.4 Å². The molecule has 0 aromatic carbocycles. The number of nitrogens with zero attached hydrogens (tertiary/aromatic N) is 3. The van der Waals surface area contributed by atoms with Crippen LogP contribution in [-0.2, 0) is 0 Å². The van der Waals surface area contributed by atoms with Gasteiger partial charge in [0.1, 0.15) is 6.07 Å². The van der Waals surface area contributed by atoms with E-state index in [9.17, 15) is 0 Å². The van der Waals surface area contributed by atoms with Gasteiger partial charge in [0.05, 0.1) is 17.8 Å². The first kappa shape index (κ1) is 10.8. The van der Waals surface area contributed by atoms with Gasteiger partial charge < -0.3 is 0 Å². The van der Waals surface area contributed by atoms with Crippen LogP contribution in [0.15, 0.2) is 12.4 Å². The molecule has 1 heterocycles. The number of nitriles is 1. The Morgan fingerprint density at radius 1 is 1.29 bits per heavy atom. The van der Waals surface area contributed by atoms with Gasteiger partial charge in [0, 0.05) is 6.20 Å². The van der Waals surface area contributed by atoms with Crippen LogP contribution in [0.4, 0.5) is 0 Å². The quantitative estimate of drug-likeness (QED) is 0.737. The van der Waals surface area contributed by atoms with Gasteiger partial charge in [0.15, 0.2) is 0 Å². The van der Waals surface area contributed by atoms with Crippen molar-refractivity contribution in [3.63, 3.8) is 0 Å². The van der Waals surface area contributed by atoms with E-state index in [1.807, 2.05) is 10.9 Å². The Morgan fingerprint density at radius 3 is 2.21 bits per heavy atom. The van der Waals surface area contributed by atoms with Crippen molar-refractivity contribution >= 4 is 0 Å². The highest BCUT2D eigenvalue weighted by molar-refractivity contribution is 5.21. The zero-order valence-corrected chi connectivity index (χ0v) is 9.23. The molecule has 0 atom stereocenters. The molecule has 0 saturated carbocycles. The maximum absolute atomic E-state index is 8.71. The Labute approximate surface area is 85.4 Å². The largest absolute Gasteiger partial charge is 0.268 e. The molecule has 0 fully saturated rings. The monoisotopic (exact) mass is 191 g/mol. The maximum atomic E-state index is 8.71. The zero-order valence-electron chi connectivity index (χ0n) is 9.23. The summed E-state index contributed by atoms with van der Waals surface area (Å²) in [4.78, 5) is 0. The molecular weight excluding hydrogens is 174 g/mol. The molecule has 1 rings (SSSR count). The fourth-order valence-corrected chi connectivity index (χ4v) is 1.94. The molecule has 1 aromatic heterocycles. The summed E-state index contributed by atoms with van der Waals surface area (Å²) >= 11 is 0. The highest BCUT2D eigenvalue weighted by atomic mass is 15.3. The predicted molar refractivity (Wildman–Crippen MR) is 55.7 cm³/mol. The lowest BCUT2D eigenvalue weighted by atomic mass is 9.93. The fourth-order valence-electron chi connectivity index (χ4n) is 1.94. The lowest BCUT2D eigenvalue weighted by Crippen LogP contribution is -2.21. The Balaban J connectivity index is 2.95. The number of hydrogen-bond acceptors (Lipinski definition) is 2. The second kappa shape index (κ2) is 4.28. The predicted octanol–water partition coefficient (Wildman–Crippen LogP) is 2.61. The first-order valence-electron chi connectivity index (χ1n) is 5.00. The van der Waals surface area contributed by atoms with Crippen LogP contribution in [0.2, 0.25) is 0 Å². The molecular formula is C11H17N3. The molecule has 3 heteroatoms. The van der Waals surface area contributed by atoms with Crippen molar-refractivity contribution < 1.29 is 0 Å². The highest BCUT2D eigenvalue weighted by Crippen LogP contribution is 2.25. The molecule has 0 aliphatic rings. The molecule has 0 unspecified atom stereocenters. The molecule has 14 heavy (non-hydrogen) atoms. The maximum Gasteiger partial charge on any atom is 0.102 e. The summed E-state index contributed by atoms with van der Waals surface area (Å²) in [5.74, 6) is 1.06. The molecule has 0 N–H and O–H groups in total. The third-order valence-electron chi connectivity index (χ3n) is 2.40. The summed E-state index contributed by atoms with van der Waals surface area (Å²) in [5.41, 5.74) is 0.635. The van der Waals surface area contributed by atoms with E-state index in [2.05, 4.69) is 38.9 Å². The van der Waals surface area contributed by atoms with Gasteiger partial charge in [-0.3, -0.25) is 4.68 Å². The molecule has 0 spiro atoms. The van der Waals surface area contributed by atoms with Gasteiger partial charge in [0.25, 0.3) is 0 Å². The van der Waals surface area contributed by atoms with E-state index >= 15 is 0 Å². The minimum absolute atomic E-state index is 0.372. The van der Waals surface area contributed by atoms with Crippen molar-refractivity contribution in [2.45, 2.75) is 33.7 Å². The van der Waals surface area contributed by atoms with E-state index in [-0.39, 0.29) is 0 Å². The van der Waals surface area contributed by atoms with Crippen molar-refractivity contribution in [2.24, 2.45) is 11.8 Å². The summed E-state index contributed by atoms with van der Waals surface area (Å²) < 4.78 is 1.91.